The van der Waals surface area contributed by atoms with Crippen molar-refractivity contribution < 1.29 is 19.1 Å². The summed E-state index contributed by atoms with van der Waals surface area (Å²) in [5.41, 5.74) is 8.47. The van der Waals surface area contributed by atoms with Gasteiger partial charge in [0.2, 0.25) is 0 Å². The fourth-order valence-electron chi connectivity index (χ4n) is 3.48. The monoisotopic (exact) mass is 362 g/mol. The van der Waals surface area contributed by atoms with Gasteiger partial charge in [-0.05, 0) is 64.0 Å². The molecular formula is C20H30N2O4. The van der Waals surface area contributed by atoms with E-state index in [2.05, 4.69) is 0 Å². The first-order valence-electron chi connectivity index (χ1n) is 9.19. The lowest BCUT2D eigenvalue weighted by Gasteiger charge is -2.28. The zero-order chi connectivity index (χ0) is 19.5. The molecule has 2 aliphatic rings. The third-order valence-corrected chi connectivity index (χ3v) is 4.91. The van der Waals surface area contributed by atoms with Crippen molar-refractivity contribution >= 4 is 17.7 Å². The van der Waals surface area contributed by atoms with Crippen molar-refractivity contribution in [3.63, 3.8) is 0 Å². The fraction of sp³-hybridized carbons (Fsp3) is 0.650. The number of hydrogen-bond donors (Lipinski definition) is 2. The minimum Gasteiger partial charge on any atom is -0.469 e. The predicted molar refractivity (Wildman–Crippen MR) is 99.6 cm³/mol. The highest BCUT2D eigenvalue weighted by Crippen LogP contribution is 2.33. The van der Waals surface area contributed by atoms with Crippen LogP contribution >= 0.6 is 0 Å². The van der Waals surface area contributed by atoms with E-state index in [-0.39, 0.29) is 23.8 Å². The highest BCUT2D eigenvalue weighted by molar-refractivity contribution is 6.11. The molecule has 0 saturated heterocycles. The Kier molecular flexibility index (Phi) is 6.26. The van der Waals surface area contributed by atoms with Crippen LogP contribution in [-0.2, 0) is 19.1 Å². The summed E-state index contributed by atoms with van der Waals surface area (Å²) in [4.78, 5) is 23.9. The summed E-state index contributed by atoms with van der Waals surface area (Å²) < 4.78 is 10.2. The second kappa shape index (κ2) is 8.06. The van der Waals surface area contributed by atoms with Crippen LogP contribution in [0.4, 0.5) is 0 Å². The van der Waals surface area contributed by atoms with Crippen molar-refractivity contribution in [2.75, 3.05) is 7.11 Å². The highest BCUT2D eigenvalue weighted by atomic mass is 16.6. The summed E-state index contributed by atoms with van der Waals surface area (Å²) in [6.07, 6.45) is 5.60. The number of esters is 2. The lowest BCUT2D eigenvalue weighted by Crippen LogP contribution is -2.30. The molecule has 2 aliphatic carbocycles. The summed E-state index contributed by atoms with van der Waals surface area (Å²) >= 11 is 0. The zero-order valence-corrected chi connectivity index (χ0v) is 16.2. The molecule has 0 aliphatic heterocycles. The van der Waals surface area contributed by atoms with E-state index in [1.165, 1.54) is 7.11 Å². The average Bonchev–Trinajstić information content (AvgIpc) is 2.59. The molecule has 0 saturated carbocycles. The molecule has 0 radical (unpaired) electrons. The van der Waals surface area contributed by atoms with Crippen LogP contribution in [0.15, 0.2) is 22.9 Å². The van der Waals surface area contributed by atoms with Gasteiger partial charge in [-0.1, -0.05) is 6.08 Å². The second-order valence-electron chi connectivity index (χ2n) is 8.08. The molecule has 3 N–H and O–H groups in total. The fourth-order valence-corrected chi connectivity index (χ4v) is 3.48. The molecule has 0 heterocycles. The predicted octanol–water partition coefficient (Wildman–Crippen LogP) is 3.26. The third-order valence-electron chi connectivity index (χ3n) is 4.91. The van der Waals surface area contributed by atoms with Gasteiger partial charge in [-0.2, -0.15) is 0 Å². The molecule has 26 heavy (non-hydrogen) atoms. The quantitative estimate of drug-likeness (QED) is 0.590. The Morgan fingerprint density at radius 1 is 1.15 bits per heavy atom. The number of hydrogen-bond acceptors (Lipinski definition) is 6. The van der Waals surface area contributed by atoms with Crippen LogP contribution in [0.25, 0.3) is 0 Å². The largest absolute Gasteiger partial charge is 0.469 e. The van der Waals surface area contributed by atoms with E-state index in [1.54, 1.807) is 0 Å². The summed E-state index contributed by atoms with van der Waals surface area (Å²) in [7, 11) is 1.38. The van der Waals surface area contributed by atoms with Crippen LogP contribution < -0.4 is 5.73 Å². The molecule has 2 atom stereocenters. The topological polar surface area (TPSA) is 102 Å². The van der Waals surface area contributed by atoms with E-state index in [1.807, 2.05) is 26.8 Å². The van der Waals surface area contributed by atoms with Gasteiger partial charge in [0.15, 0.2) is 0 Å². The third kappa shape index (κ3) is 4.96. The zero-order valence-electron chi connectivity index (χ0n) is 16.2. The van der Waals surface area contributed by atoms with Gasteiger partial charge in [0, 0.05) is 12.1 Å². The van der Waals surface area contributed by atoms with Crippen LogP contribution in [0, 0.1) is 17.2 Å². The molecule has 0 aromatic heterocycles. The normalized spacial score (nSPS) is 23.9. The summed E-state index contributed by atoms with van der Waals surface area (Å²) in [5, 5.41) is 8.50. The number of methoxy groups -OCH3 is 1. The van der Waals surface area contributed by atoms with E-state index in [0.29, 0.717) is 49.9 Å². The number of carbonyl (C=O) groups excluding carboxylic acids is 2. The first-order chi connectivity index (χ1) is 12.1. The van der Waals surface area contributed by atoms with E-state index in [9.17, 15) is 9.59 Å². The van der Waals surface area contributed by atoms with E-state index in [0.717, 1.165) is 11.1 Å². The summed E-state index contributed by atoms with van der Waals surface area (Å²) in [5.74, 6) is -0.771. The molecule has 0 aromatic rings. The smallest absolute Gasteiger partial charge is 0.309 e. The lowest BCUT2D eigenvalue weighted by molar-refractivity contribution is -0.160. The van der Waals surface area contributed by atoms with Crippen molar-refractivity contribution in [3.8, 4) is 0 Å². The second-order valence-corrected chi connectivity index (χ2v) is 8.08. The number of ether oxygens (including phenoxy) is 2. The summed E-state index contributed by atoms with van der Waals surface area (Å²) in [6.45, 7) is 5.60. The molecule has 2 unspecified atom stereocenters. The number of rotatable bonds is 4. The van der Waals surface area contributed by atoms with Gasteiger partial charge >= 0.3 is 11.9 Å². The molecule has 0 aromatic carbocycles. The van der Waals surface area contributed by atoms with Crippen LogP contribution in [0.2, 0.25) is 0 Å². The van der Waals surface area contributed by atoms with Crippen LogP contribution in [-0.4, -0.2) is 30.4 Å². The molecule has 0 spiro atoms. The first kappa shape index (κ1) is 20.2. The minimum absolute atomic E-state index is 0.146. The van der Waals surface area contributed by atoms with Crippen molar-refractivity contribution in [1.29, 1.82) is 5.41 Å². The molecule has 6 nitrogen and oxygen atoms in total. The van der Waals surface area contributed by atoms with Gasteiger partial charge in [-0.3, -0.25) is 9.59 Å². The Morgan fingerprint density at radius 2 is 1.81 bits per heavy atom. The van der Waals surface area contributed by atoms with E-state index < -0.39 is 5.60 Å². The number of nitrogens with one attached hydrogen (secondary N) is 1. The number of carbonyl (C=O) groups is 2. The van der Waals surface area contributed by atoms with Gasteiger partial charge < -0.3 is 20.6 Å². The molecule has 0 fully saturated rings. The summed E-state index contributed by atoms with van der Waals surface area (Å²) in [6, 6.07) is 0. The Labute approximate surface area is 155 Å². The van der Waals surface area contributed by atoms with Gasteiger partial charge in [0.1, 0.15) is 5.60 Å². The van der Waals surface area contributed by atoms with E-state index in [4.69, 9.17) is 20.6 Å². The SMILES string of the molecule is COC(=O)C1CCC(C(=N)C2=CCC(C(=O)OC(C)(C)C)CC2)=C(N)C1. The standard InChI is InChI=1S/C20H30N2O4/c1-20(2,3)26-19(24)13-7-5-12(6-8-13)17(22)15-10-9-14(11-16(15)21)18(23)25-4/h5,13-14,22H,6-11,21H2,1-4H3. The highest BCUT2D eigenvalue weighted by Gasteiger charge is 2.31. The average molecular weight is 362 g/mol. The minimum atomic E-state index is -0.481. The van der Waals surface area contributed by atoms with Crippen molar-refractivity contribution in [1.82, 2.24) is 0 Å². The van der Waals surface area contributed by atoms with Crippen molar-refractivity contribution in [3.05, 3.63) is 22.9 Å². The lowest BCUT2D eigenvalue weighted by atomic mass is 9.80. The van der Waals surface area contributed by atoms with Gasteiger partial charge in [-0.15, -0.1) is 0 Å². The Balaban J connectivity index is 2.01. The number of nitrogens with two attached hydrogens (primary N) is 1. The Morgan fingerprint density at radius 3 is 2.31 bits per heavy atom. The first-order valence-corrected chi connectivity index (χ1v) is 9.19. The molecule has 0 amide bonds. The van der Waals surface area contributed by atoms with Gasteiger partial charge in [0.05, 0.1) is 24.7 Å². The Bertz CT molecular complexity index is 655. The van der Waals surface area contributed by atoms with Crippen LogP contribution in [0.5, 0.6) is 0 Å². The molecular weight excluding hydrogens is 332 g/mol. The van der Waals surface area contributed by atoms with Gasteiger partial charge in [-0.25, -0.2) is 0 Å². The van der Waals surface area contributed by atoms with Crippen molar-refractivity contribution in [2.45, 2.75) is 64.9 Å². The van der Waals surface area contributed by atoms with Crippen molar-refractivity contribution in [2.24, 2.45) is 17.6 Å². The van der Waals surface area contributed by atoms with Crippen LogP contribution in [0.3, 0.4) is 0 Å². The molecule has 144 valence electrons. The maximum Gasteiger partial charge on any atom is 0.309 e. The maximum absolute atomic E-state index is 12.2. The Hall–Kier alpha value is -2.11. The van der Waals surface area contributed by atoms with Gasteiger partial charge in [0.25, 0.3) is 0 Å². The maximum atomic E-state index is 12.2. The molecule has 2 rings (SSSR count). The molecule has 6 heteroatoms. The number of allylic oxidation sites excluding steroid dienone is 4. The van der Waals surface area contributed by atoms with Crippen LogP contribution in [0.1, 0.15) is 59.3 Å². The van der Waals surface area contributed by atoms with E-state index >= 15 is 0 Å². The molecule has 0 bridgehead atoms.